The predicted molar refractivity (Wildman–Crippen MR) is 85.6 cm³/mol. The van der Waals surface area contributed by atoms with Gasteiger partial charge in [0.05, 0.1) is 10.6 Å². The van der Waals surface area contributed by atoms with E-state index in [4.69, 9.17) is 0 Å². The first-order chi connectivity index (χ1) is 9.29. The smallest absolute Gasteiger partial charge is 0.261 e. The molecule has 0 saturated carbocycles. The summed E-state index contributed by atoms with van der Waals surface area (Å²) in [6.07, 6.45) is 0. The Labute approximate surface area is 128 Å². The van der Waals surface area contributed by atoms with E-state index in [9.17, 15) is 8.42 Å². The Hall–Kier alpha value is -1.33. The molecule has 0 aliphatic rings. The van der Waals surface area contributed by atoms with Crippen LogP contribution < -0.4 is 4.72 Å². The number of aryl methyl sites for hydroxylation is 3. The molecule has 0 fully saturated rings. The summed E-state index contributed by atoms with van der Waals surface area (Å²) >= 11 is 3.41. The molecule has 0 saturated heterocycles. The lowest BCUT2D eigenvalue weighted by Crippen LogP contribution is -2.14. The van der Waals surface area contributed by atoms with Crippen molar-refractivity contribution in [1.82, 2.24) is 0 Å². The van der Waals surface area contributed by atoms with E-state index >= 15 is 0 Å². The Morgan fingerprint density at radius 3 is 2.30 bits per heavy atom. The molecule has 3 nitrogen and oxygen atoms in total. The van der Waals surface area contributed by atoms with Crippen LogP contribution in [0, 0.1) is 20.8 Å². The summed E-state index contributed by atoms with van der Waals surface area (Å²) in [7, 11) is -3.57. The van der Waals surface area contributed by atoms with Crippen LogP contribution >= 0.6 is 15.9 Å². The van der Waals surface area contributed by atoms with Gasteiger partial charge in [-0.05, 0) is 71.6 Å². The van der Waals surface area contributed by atoms with Crippen LogP contribution in [0.1, 0.15) is 16.7 Å². The maximum absolute atomic E-state index is 12.4. The molecular weight excluding hydrogens is 338 g/mol. The fourth-order valence-electron chi connectivity index (χ4n) is 2.02. The van der Waals surface area contributed by atoms with E-state index in [-0.39, 0.29) is 4.90 Å². The van der Waals surface area contributed by atoms with Gasteiger partial charge >= 0.3 is 0 Å². The average molecular weight is 354 g/mol. The van der Waals surface area contributed by atoms with Crippen molar-refractivity contribution in [3.05, 3.63) is 57.6 Å². The number of sulfonamides is 1. The normalized spacial score (nSPS) is 11.4. The lowest BCUT2D eigenvalue weighted by Gasteiger charge is -2.13. The minimum absolute atomic E-state index is 0.268. The van der Waals surface area contributed by atoms with Crippen LogP contribution in [0.3, 0.4) is 0 Å². The fourth-order valence-corrected chi connectivity index (χ4v) is 4.18. The van der Waals surface area contributed by atoms with E-state index in [2.05, 4.69) is 20.7 Å². The quantitative estimate of drug-likeness (QED) is 0.899. The SMILES string of the molecule is Cc1cccc(S(=O)(=O)Nc2c(C)cc(C)cc2Br)c1. The van der Waals surface area contributed by atoms with E-state index in [1.54, 1.807) is 18.2 Å². The summed E-state index contributed by atoms with van der Waals surface area (Å²) in [6, 6.07) is 10.7. The summed E-state index contributed by atoms with van der Waals surface area (Å²) < 4.78 is 28.2. The van der Waals surface area contributed by atoms with Gasteiger partial charge in [0.15, 0.2) is 0 Å². The molecule has 5 heteroatoms. The molecule has 0 unspecified atom stereocenters. The predicted octanol–water partition coefficient (Wildman–Crippen LogP) is 4.18. The van der Waals surface area contributed by atoms with Crippen molar-refractivity contribution < 1.29 is 8.42 Å². The zero-order valence-corrected chi connectivity index (χ0v) is 14.0. The maximum Gasteiger partial charge on any atom is 0.261 e. The summed E-state index contributed by atoms with van der Waals surface area (Å²) in [5.74, 6) is 0. The molecular formula is C15H16BrNO2S. The van der Waals surface area contributed by atoms with Crippen molar-refractivity contribution in [1.29, 1.82) is 0 Å². The molecule has 0 atom stereocenters. The van der Waals surface area contributed by atoms with Crippen LogP contribution in [0.15, 0.2) is 45.8 Å². The minimum atomic E-state index is -3.57. The number of nitrogens with one attached hydrogen (secondary N) is 1. The van der Waals surface area contributed by atoms with Crippen molar-refractivity contribution in [2.24, 2.45) is 0 Å². The molecule has 106 valence electrons. The highest BCUT2D eigenvalue weighted by molar-refractivity contribution is 9.10. The largest absolute Gasteiger partial charge is 0.278 e. The van der Waals surface area contributed by atoms with Gasteiger partial charge in [-0.1, -0.05) is 18.2 Å². The van der Waals surface area contributed by atoms with Crippen molar-refractivity contribution in [2.45, 2.75) is 25.7 Å². The molecule has 2 aromatic carbocycles. The first-order valence-electron chi connectivity index (χ1n) is 6.16. The van der Waals surface area contributed by atoms with E-state index in [0.717, 1.165) is 21.2 Å². The van der Waals surface area contributed by atoms with Gasteiger partial charge in [0.25, 0.3) is 10.0 Å². The Bertz CT molecular complexity index is 731. The standard InChI is InChI=1S/C15H16BrNO2S/c1-10-5-4-6-13(8-10)20(18,19)17-15-12(3)7-11(2)9-14(15)16/h4-9,17H,1-3H3. The monoisotopic (exact) mass is 353 g/mol. The summed E-state index contributed by atoms with van der Waals surface area (Å²) in [5, 5.41) is 0. The molecule has 20 heavy (non-hydrogen) atoms. The second-order valence-corrected chi connectivity index (χ2v) is 7.40. The van der Waals surface area contributed by atoms with Gasteiger partial charge in [-0.25, -0.2) is 8.42 Å². The molecule has 0 amide bonds. The van der Waals surface area contributed by atoms with Crippen LogP contribution in [0.4, 0.5) is 5.69 Å². The molecule has 2 aromatic rings. The molecule has 0 aliphatic heterocycles. The molecule has 0 aromatic heterocycles. The van der Waals surface area contributed by atoms with Gasteiger partial charge in [-0.15, -0.1) is 0 Å². The lowest BCUT2D eigenvalue weighted by atomic mass is 10.1. The van der Waals surface area contributed by atoms with Gasteiger partial charge in [0.2, 0.25) is 0 Å². The zero-order chi connectivity index (χ0) is 14.9. The van der Waals surface area contributed by atoms with Crippen LogP contribution in [-0.4, -0.2) is 8.42 Å². The maximum atomic E-state index is 12.4. The van der Waals surface area contributed by atoms with Crippen molar-refractivity contribution >= 4 is 31.6 Å². The third-order valence-electron chi connectivity index (χ3n) is 2.97. The fraction of sp³-hybridized carbons (Fsp3) is 0.200. The highest BCUT2D eigenvalue weighted by Crippen LogP contribution is 2.30. The number of benzene rings is 2. The Morgan fingerprint density at radius 2 is 1.70 bits per heavy atom. The van der Waals surface area contributed by atoms with E-state index in [1.807, 2.05) is 39.0 Å². The highest BCUT2D eigenvalue weighted by atomic mass is 79.9. The van der Waals surface area contributed by atoms with Gasteiger partial charge in [0.1, 0.15) is 0 Å². The van der Waals surface area contributed by atoms with Gasteiger partial charge in [-0.3, -0.25) is 4.72 Å². The second kappa shape index (κ2) is 5.58. The second-order valence-electron chi connectivity index (χ2n) is 4.86. The Kier molecular flexibility index (Phi) is 4.20. The van der Waals surface area contributed by atoms with Crippen molar-refractivity contribution in [2.75, 3.05) is 4.72 Å². The van der Waals surface area contributed by atoms with E-state index < -0.39 is 10.0 Å². The minimum Gasteiger partial charge on any atom is -0.278 e. The van der Waals surface area contributed by atoms with Crippen LogP contribution in [0.25, 0.3) is 0 Å². The number of rotatable bonds is 3. The van der Waals surface area contributed by atoms with Gasteiger partial charge in [0, 0.05) is 4.47 Å². The number of halogens is 1. The number of hydrogen-bond acceptors (Lipinski definition) is 2. The van der Waals surface area contributed by atoms with E-state index in [0.29, 0.717) is 5.69 Å². The van der Waals surface area contributed by atoms with Crippen LogP contribution in [0.5, 0.6) is 0 Å². The molecule has 0 spiro atoms. The molecule has 0 aliphatic carbocycles. The summed E-state index contributed by atoms with van der Waals surface area (Å²) in [4.78, 5) is 0.268. The van der Waals surface area contributed by atoms with Gasteiger partial charge in [-0.2, -0.15) is 0 Å². The highest BCUT2D eigenvalue weighted by Gasteiger charge is 2.17. The zero-order valence-electron chi connectivity index (χ0n) is 11.6. The Morgan fingerprint density at radius 1 is 1.00 bits per heavy atom. The van der Waals surface area contributed by atoms with Crippen molar-refractivity contribution in [3.8, 4) is 0 Å². The van der Waals surface area contributed by atoms with E-state index in [1.165, 1.54) is 0 Å². The van der Waals surface area contributed by atoms with Crippen molar-refractivity contribution in [3.63, 3.8) is 0 Å². The summed E-state index contributed by atoms with van der Waals surface area (Å²) in [5.41, 5.74) is 3.45. The molecule has 0 radical (unpaired) electrons. The first kappa shape index (κ1) is 15.1. The lowest BCUT2D eigenvalue weighted by molar-refractivity contribution is 0.601. The van der Waals surface area contributed by atoms with Crippen LogP contribution in [-0.2, 0) is 10.0 Å². The Balaban J connectivity index is 2.44. The van der Waals surface area contributed by atoms with Gasteiger partial charge < -0.3 is 0 Å². The average Bonchev–Trinajstić information content (AvgIpc) is 2.34. The molecule has 1 N–H and O–H groups in total. The van der Waals surface area contributed by atoms with Crippen LogP contribution in [0.2, 0.25) is 0 Å². The number of anilines is 1. The topological polar surface area (TPSA) is 46.2 Å². The summed E-state index contributed by atoms with van der Waals surface area (Å²) in [6.45, 7) is 5.72. The third-order valence-corrected chi connectivity index (χ3v) is 4.94. The molecule has 0 bridgehead atoms. The third kappa shape index (κ3) is 3.22. The first-order valence-corrected chi connectivity index (χ1v) is 8.43. The molecule has 2 rings (SSSR count). The number of hydrogen-bond donors (Lipinski definition) is 1. The molecule has 0 heterocycles.